The van der Waals surface area contributed by atoms with E-state index in [1.807, 2.05) is 6.08 Å². The van der Waals surface area contributed by atoms with Crippen molar-refractivity contribution in [3.63, 3.8) is 0 Å². The maximum absolute atomic E-state index is 12.6. The highest BCUT2D eigenvalue weighted by Gasteiger charge is 2.48. The first-order valence-electron chi connectivity index (χ1n) is 17.7. The maximum Gasteiger partial charge on any atom is 0.330 e. The molecule has 0 spiro atoms. The minimum absolute atomic E-state index is 0.159. The summed E-state index contributed by atoms with van der Waals surface area (Å²) in [5.41, 5.74) is -1.09. The van der Waals surface area contributed by atoms with Crippen LogP contribution in [0.3, 0.4) is 0 Å². The SMILES string of the molecule is CCCCCCCCCCCCCCCC(=S)NCCCC/C=C/C[C@H]1C(OP(O)(=S)OC)[C@@H](COC)O[C@H]1n1ccc(=O)[nH]c1=O. The molecule has 2 rings (SSSR count). The molecule has 0 bridgehead atoms. The molecule has 270 valence electrons. The van der Waals surface area contributed by atoms with Gasteiger partial charge in [0.1, 0.15) is 18.4 Å². The van der Waals surface area contributed by atoms with Crippen LogP contribution in [0.4, 0.5) is 0 Å². The fourth-order valence-electron chi connectivity index (χ4n) is 5.96. The number of aromatic amines is 1. The number of rotatable bonds is 27. The van der Waals surface area contributed by atoms with Gasteiger partial charge in [-0.1, -0.05) is 108 Å². The van der Waals surface area contributed by atoms with Crippen LogP contribution in [-0.4, -0.2) is 59.0 Å². The summed E-state index contributed by atoms with van der Waals surface area (Å²) in [6, 6.07) is 1.27. The molecular weight excluding hydrogens is 657 g/mol. The standard InChI is InChI=1S/C34H60N3O7PS2/c1-4-5-6-7-8-9-10-11-12-13-14-17-20-23-31(46)35-25-21-18-15-16-19-22-28-32(44-45(40,47)42-3)29(27-41-2)43-33(28)37-26-24-30(38)36-34(37)39/h16,19,24,26,28-29,32-33H,4-15,17-18,20-23,25,27H2,1-3H3,(H,35,46)(H,40,47)(H,36,38,39)/b19-16+/t28-,29+,32?,33+,45?/m0/s1. The third-order valence-corrected chi connectivity index (χ3v) is 10.6. The summed E-state index contributed by atoms with van der Waals surface area (Å²) < 4.78 is 23.7. The zero-order valence-electron chi connectivity index (χ0n) is 28.9. The Morgan fingerprint density at radius 3 is 2.23 bits per heavy atom. The first-order valence-corrected chi connectivity index (χ1v) is 20.7. The van der Waals surface area contributed by atoms with Crippen molar-refractivity contribution in [2.24, 2.45) is 5.92 Å². The van der Waals surface area contributed by atoms with Crippen LogP contribution in [0.2, 0.25) is 0 Å². The number of unbranched alkanes of at least 4 members (excludes halogenated alkanes) is 14. The van der Waals surface area contributed by atoms with Gasteiger partial charge in [0.15, 0.2) is 0 Å². The molecule has 0 amide bonds. The lowest BCUT2D eigenvalue weighted by Crippen LogP contribution is -2.35. The Balaban J connectivity index is 1.67. The van der Waals surface area contributed by atoms with E-state index in [2.05, 4.69) is 23.3 Å². The van der Waals surface area contributed by atoms with Gasteiger partial charge in [0.05, 0.1) is 11.6 Å². The van der Waals surface area contributed by atoms with Crippen molar-refractivity contribution in [3.8, 4) is 0 Å². The van der Waals surface area contributed by atoms with E-state index in [4.69, 9.17) is 42.5 Å². The maximum atomic E-state index is 12.6. The first-order chi connectivity index (χ1) is 22.7. The van der Waals surface area contributed by atoms with Crippen molar-refractivity contribution in [2.75, 3.05) is 27.4 Å². The second-order valence-corrected chi connectivity index (χ2v) is 15.9. The molecule has 1 aliphatic heterocycles. The molecule has 1 aromatic rings. The number of methoxy groups -OCH3 is 1. The van der Waals surface area contributed by atoms with E-state index in [0.717, 1.165) is 43.6 Å². The van der Waals surface area contributed by atoms with Gasteiger partial charge in [-0.25, -0.2) is 4.79 Å². The highest BCUT2D eigenvalue weighted by atomic mass is 32.5. The van der Waals surface area contributed by atoms with Crippen LogP contribution in [0, 0.1) is 5.92 Å². The minimum atomic E-state index is -3.53. The third-order valence-electron chi connectivity index (χ3n) is 8.61. The van der Waals surface area contributed by atoms with Gasteiger partial charge in [-0.15, -0.1) is 0 Å². The third kappa shape index (κ3) is 17.3. The topological polar surface area (TPSA) is 124 Å². The van der Waals surface area contributed by atoms with Crippen molar-refractivity contribution in [3.05, 3.63) is 45.3 Å². The molecule has 10 nitrogen and oxygen atoms in total. The van der Waals surface area contributed by atoms with E-state index in [1.54, 1.807) is 0 Å². The monoisotopic (exact) mass is 717 g/mol. The van der Waals surface area contributed by atoms with Crippen LogP contribution < -0.4 is 16.6 Å². The number of nitrogens with zero attached hydrogens (tertiary/aromatic N) is 1. The van der Waals surface area contributed by atoms with E-state index < -0.39 is 42.3 Å². The predicted molar refractivity (Wildman–Crippen MR) is 198 cm³/mol. The highest BCUT2D eigenvalue weighted by molar-refractivity contribution is 8.07. The number of H-pyrrole nitrogens is 1. The van der Waals surface area contributed by atoms with Crippen LogP contribution in [-0.2, 0) is 30.3 Å². The van der Waals surface area contributed by atoms with Crippen LogP contribution in [0.5, 0.6) is 0 Å². The molecule has 13 heteroatoms. The number of hydrogen-bond acceptors (Lipinski definition) is 8. The van der Waals surface area contributed by atoms with Crippen LogP contribution in [0.25, 0.3) is 0 Å². The second-order valence-electron chi connectivity index (χ2n) is 12.5. The highest BCUT2D eigenvalue weighted by Crippen LogP contribution is 2.50. The van der Waals surface area contributed by atoms with Gasteiger partial charge in [-0.2, -0.15) is 0 Å². The molecule has 0 aliphatic carbocycles. The summed E-state index contributed by atoms with van der Waals surface area (Å²) >= 11 is 10.7. The van der Waals surface area contributed by atoms with Crippen molar-refractivity contribution in [1.29, 1.82) is 0 Å². The minimum Gasteiger partial charge on any atom is -0.382 e. The Morgan fingerprint density at radius 2 is 1.64 bits per heavy atom. The average Bonchev–Trinajstić information content (AvgIpc) is 3.36. The van der Waals surface area contributed by atoms with Crippen molar-refractivity contribution in [1.82, 2.24) is 14.9 Å². The average molecular weight is 718 g/mol. The number of nitrogens with one attached hydrogen (secondary N) is 2. The molecule has 1 aliphatic rings. The Hall–Kier alpha value is -1.24. The normalized spacial score (nSPS) is 20.9. The molecular formula is C34H60N3O7PS2. The largest absolute Gasteiger partial charge is 0.382 e. The molecule has 0 radical (unpaired) electrons. The first kappa shape index (κ1) is 41.9. The zero-order chi connectivity index (χ0) is 34.3. The lowest BCUT2D eigenvalue weighted by atomic mass is 9.95. The summed E-state index contributed by atoms with van der Waals surface area (Å²) in [5, 5.41) is 3.41. The van der Waals surface area contributed by atoms with Crippen LogP contribution in [0.1, 0.15) is 129 Å². The van der Waals surface area contributed by atoms with Gasteiger partial charge in [-0.05, 0) is 50.3 Å². The van der Waals surface area contributed by atoms with Gasteiger partial charge in [0.25, 0.3) is 5.56 Å². The van der Waals surface area contributed by atoms with Crippen molar-refractivity contribution < 1.29 is 23.4 Å². The number of hydrogen-bond donors (Lipinski definition) is 3. The van der Waals surface area contributed by atoms with Crippen LogP contribution in [0.15, 0.2) is 34.0 Å². The number of aromatic nitrogens is 2. The van der Waals surface area contributed by atoms with Gasteiger partial charge >= 0.3 is 12.4 Å². The quantitative estimate of drug-likeness (QED) is 0.0366. The summed E-state index contributed by atoms with van der Waals surface area (Å²) in [5.74, 6) is -0.399. The molecule has 5 atom stereocenters. The van der Waals surface area contributed by atoms with Gasteiger partial charge in [-0.3, -0.25) is 14.3 Å². The number of thiocarbonyl (C=S) groups is 1. The molecule has 1 saturated heterocycles. The van der Waals surface area contributed by atoms with E-state index in [-0.39, 0.29) is 6.61 Å². The second kappa shape index (κ2) is 24.8. The van der Waals surface area contributed by atoms with E-state index in [9.17, 15) is 14.5 Å². The Labute approximate surface area is 292 Å². The molecule has 0 aromatic carbocycles. The lowest BCUT2D eigenvalue weighted by Gasteiger charge is -2.26. The smallest absolute Gasteiger partial charge is 0.330 e. The summed E-state index contributed by atoms with van der Waals surface area (Å²) in [6.45, 7) is -0.238. The van der Waals surface area contributed by atoms with Crippen molar-refractivity contribution >= 4 is 35.7 Å². The molecule has 47 heavy (non-hydrogen) atoms. The van der Waals surface area contributed by atoms with Gasteiger partial charge < -0.3 is 28.7 Å². The van der Waals surface area contributed by atoms with Gasteiger partial charge in [0, 0.05) is 38.9 Å². The van der Waals surface area contributed by atoms with E-state index in [0.29, 0.717) is 6.42 Å². The Morgan fingerprint density at radius 1 is 1.00 bits per heavy atom. The number of ether oxygens (including phenoxy) is 2. The zero-order valence-corrected chi connectivity index (χ0v) is 31.4. The van der Waals surface area contributed by atoms with Crippen molar-refractivity contribution in [2.45, 2.75) is 141 Å². The Kier molecular flexibility index (Phi) is 22.1. The lowest BCUT2D eigenvalue weighted by molar-refractivity contribution is -0.0547. The fourth-order valence-corrected chi connectivity index (χ4v) is 7.20. The molecule has 2 unspecified atom stereocenters. The number of allylic oxidation sites excluding steroid dienone is 2. The van der Waals surface area contributed by atoms with E-state index in [1.165, 1.54) is 108 Å². The predicted octanol–water partition coefficient (Wildman–Crippen LogP) is 7.46. The van der Waals surface area contributed by atoms with Gasteiger partial charge in [0.2, 0.25) is 0 Å². The molecule has 0 saturated carbocycles. The summed E-state index contributed by atoms with van der Waals surface area (Å²) in [7, 11) is 2.82. The van der Waals surface area contributed by atoms with Crippen LogP contribution >= 0.6 is 18.9 Å². The fraction of sp³-hybridized carbons (Fsp3) is 0.794. The molecule has 2 heterocycles. The summed E-state index contributed by atoms with van der Waals surface area (Å²) in [4.78, 5) is 37.9. The summed E-state index contributed by atoms with van der Waals surface area (Å²) in [6.07, 6.45) is 25.4. The molecule has 3 N–H and O–H groups in total. The Bertz CT molecular complexity index is 1190. The molecule has 1 fully saturated rings. The molecule has 1 aromatic heterocycles. The van der Waals surface area contributed by atoms with E-state index >= 15 is 0 Å².